The van der Waals surface area contributed by atoms with Gasteiger partial charge in [0.1, 0.15) is 11.6 Å². The molecule has 1 saturated carbocycles. The molecule has 3 heteroatoms. The highest BCUT2D eigenvalue weighted by Crippen LogP contribution is 2.35. The molecule has 1 aliphatic rings. The molecule has 1 N–H and O–H groups in total. The smallest absolute Gasteiger partial charge is 0.126 e. The van der Waals surface area contributed by atoms with Gasteiger partial charge in [0.05, 0.1) is 7.11 Å². The summed E-state index contributed by atoms with van der Waals surface area (Å²) in [5.74, 6) is 1.08. The van der Waals surface area contributed by atoms with Crippen LogP contribution in [0.2, 0.25) is 0 Å². The Morgan fingerprint density at radius 3 is 2.21 bits per heavy atom. The van der Waals surface area contributed by atoms with Crippen LogP contribution in [-0.4, -0.2) is 19.3 Å². The van der Waals surface area contributed by atoms with Crippen molar-refractivity contribution < 1.29 is 14.2 Å². The van der Waals surface area contributed by atoms with E-state index in [9.17, 15) is 4.39 Å². The van der Waals surface area contributed by atoms with Gasteiger partial charge in [0.25, 0.3) is 0 Å². The van der Waals surface area contributed by atoms with Crippen molar-refractivity contribution in [3.05, 3.63) is 29.6 Å². The summed E-state index contributed by atoms with van der Waals surface area (Å²) >= 11 is 0. The summed E-state index contributed by atoms with van der Waals surface area (Å²) in [4.78, 5) is 0. The van der Waals surface area contributed by atoms with Gasteiger partial charge in [-0.15, -0.1) is 0 Å². The van der Waals surface area contributed by atoms with Gasteiger partial charge in [-0.2, -0.15) is 0 Å². The molecule has 110 valence electrons. The monoisotopic (exact) mass is 270 g/mol. The van der Waals surface area contributed by atoms with Gasteiger partial charge in [0, 0.05) is 7.11 Å². The number of methoxy groups -OCH3 is 1. The van der Waals surface area contributed by atoms with E-state index in [1.54, 1.807) is 13.2 Å². The third kappa shape index (κ3) is 5.60. The van der Waals surface area contributed by atoms with E-state index in [4.69, 9.17) is 9.84 Å². The topological polar surface area (TPSA) is 29.5 Å². The second-order valence-electron chi connectivity index (χ2n) is 4.22. The maximum Gasteiger partial charge on any atom is 0.126 e. The molecule has 0 aliphatic heterocycles. The van der Waals surface area contributed by atoms with Crippen LogP contribution < -0.4 is 4.74 Å². The first-order valence-corrected chi connectivity index (χ1v) is 7.09. The molecule has 2 rings (SSSR count). The molecule has 2 nitrogen and oxygen atoms in total. The number of hydrogen-bond acceptors (Lipinski definition) is 2. The summed E-state index contributed by atoms with van der Waals surface area (Å²) in [7, 11) is 2.62. The van der Waals surface area contributed by atoms with Crippen LogP contribution in [0.1, 0.15) is 57.4 Å². The van der Waals surface area contributed by atoms with Crippen molar-refractivity contribution in [2.75, 3.05) is 14.2 Å². The lowest BCUT2D eigenvalue weighted by Gasteiger charge is -2.22. The van der Waals surface area contributed by atoms with Crippen LogP contribution in [-0.2, 0) is 0 Å². The van der Waals surface area contributed by atoms with Crippen molar-refractivity contribution in [3.63, 3.8) is 0 Å². The standard InChI is InChI=1S/C13H17FO.C2H6.CH4O/c1-15-11-7-8-13(14)12(9-11)10-5-3-2-4-6-10;2*1-2/h7-10H,2-6H2,1H3;1-2H3;2H,1H3. The molecule has 0 unspecified atom stereocenters. The fourth-order valence-corrected chi connectivity index (χ4v) is 2.38. The lowest BCUT2D eigenvalue weighted by Crippen LogP contribution is -2.06. The summed E-state index contributed by atoms with van der Waals surface area (Å²) in [6, 6.07) is 5.05. The van der Waals surface area contributed by atoms with E-state index in [1.807, 2.05) is 19.9 Å². The Balaban J connectivity index is 0.000000741. The maximum atomic E-state index is 13.6. The molecular formula is C16H27FO2. The molecule has 1 aromatic rings. The molecule has 0 heterocycles. The Bertz CT molecular complexity index is 334. The SMILES string of the molecule is CC.CO.COc1ccc(F)c(C2CCCCC2)c1. The van der Waals surface area contributed by atoms with Crippen molar-refractivity contribution in [2.24, 2.45) is 0 Å². The fraction of sp³-hybridized carbons (Fsp3) is 0.625. The molecule has 0 amide bonds. The van der Waals surface area contributed by atoms with Gasteiger partial charge < -0.3 is 9.84 Å². The molecule has 0 spiro atoms. The largest absolute Gasteiger partial charge is 0.497 e. The maximum absolute atomic E-state index is 13.6. The molecule has 0 bridgehead atoms. The average Bonchev–Trinajstić information content (AvgIpc) is 2.52. The molecule has 1 aliphatic carbocycles. The number of halogens is 1. The Labute approximate surface area is 116 Å². The summed E-state index contributed by atoms with van der Waals surface area (Å²) in [6.45, 7) is 4.00. The van der Waals surface area contributed by atoms with Crippen LogP contribution >= 0.6 is 0 Å². The van der Waals surface area contributed by atoms with E-state index in [2.05, 4.69) is 0 Å². The molecular weight excluding hydrogens is 243 g/mol. The molecule has 1 fully saturated rings. The number of aliphatic hydroxyl groups excluding tert-OH is 1. The van der Waals surface area contributed by atoms with Crippen LogP contribution in [0.3, 0.4) is 0 Å². The van der Waals surface area contributed by atoms with Crippen molar-refractivity contribution >= 4 is 0 Å². The lowest BCUT2D eigenvalue weighted by molar-refractivity contribution is 0.399. The zero-order valence-electron chi connectivity index (χ0n) is 12.6. The van der Waals surface area contributed by atoms with Gasteiger partial charge in [-0.3, -0.25) is 0 Å². The van der Waals surface area contributed by atoms with Gasteiger partial charge in [-0.25, -0.2) is 4.39 Å². The number of ether oxygens (including phenoxy) is 1. The van der Waals surface area contributed by atoms with Gasteiger partial charge in [-0.1, -0.05) is 33.1 Å². The average molecular weight is 270 g/mol. The van der Waals surface area contributed by atoms with Gasteiger partial charge in [0.15, 0.2) is 0 Å². The minimum atomic E-state index is -0.0808. The zero-order valence-corrected chi connectivity index (χ0v) is 12.6. The van der Waals surface area contributed by atoms with Crippen molar-refractivity contribution in [1.82, 2.24) is 0 Å². The quantitative estimate of drug-likeness (QED) is 0.856. The Morgan fingerprint density at radius 1 is 1.11 bits per heavy atom. The second kappa shape index (κ2) is 10.8. The number of hydrogen-bond donors (Lipinski definition) is 1. The highest BCUT2D eigenvalue weighted by Gasteiger charge is 2.19. The highest BCUT2D eigenvalue weighted by atomic mass is 19.1. The van der Waals surface area contributed by atoms with E-state index in [0.29, 0.717) is 5.92 Å². The lowest BCUT2D eigenvalue weighted by atomic mass is 9.84. The predicted molar refractivity (Wildman–Crippen MR) is 78.3 cm³/mol. The highest BCUT2D eigenvalue weighted by molar-refractivity contribution is 5.32. The second-order valence-corrected chi connectivity index (χ2v) is 4.22. The third-order valence-electron chi connectivity index (χ3n) is 3.25. The van der Waals surface area contributed by atoms with Crippen LogP contribution in [0.4, 0.5) is 4.39 Å². The third-order valence-corrected chi connectivity index (χ3v) is 3.25. The number of rotatable bonds is 2. The minimum absolute atomic E-state index is 0.0808. The molecule has 19 heavy (non-hydrogen) atoms. The van der Waals surface area contributed by atoms with E-state index >= 15 is 0 Å². The molecule has 0 atom stereocenters. The Hall–Kier alpha value is -1.09. The first-order chi connectivity index (χ1) is 9.31. The minimum Gasteiger partial charge on any atom is -0.497 e. The Kier molecular flexibility index (Phi) is 10.2. The Morgan fingerprint density at radius 2 is 1.68 bits per heavy atom. The van der Waals surface area contributed by atoms with E-state index in [1.165, 1.54) is 25.3 Å². The van der Waals surface area contributed by atoms with E-state index in [0.717, 1.165) is 31.3 Å². The fourth-order valence-electron chi connectivity index (χ4n) is 2.38. The van der Waals surface area contributed by atoms with Crippen LogP contribution in [0.15, 0.2) is 18.2 Å². The first-order valence-electron chi connectivity index (χ1n) is 7.09. The number of benzene rings is 1. The van der Waals surface area contributed by atoms with Gasteiger partial charge >= 0.3 is 0 Å². The van der Waals surface area contributed by atoms with Gasteiger partial charge in [-0.05, 0) is 42.5 Å². The molecule has 0 saturated heterocycles. The van der Waals surface area contributed by atoms with Crippen molar-refractivity contribution in [3.8, 4) is 5.75 Å². The zero-order chi connectivity index (χ0) is 14.7. The normalized spacial score (nSPS) is 14.6. The van der Waals surface area contributed by atoms with E-state index in [-0.39, 0.29) is 5.82 Å². The first kappa shape index (κ1) is 17.9. The predicted octanol–water partition coefficient (Wildman–Crippen LogP) is 4.52. The van der Waals surface area contributed by atoms with Crippen molar-refractivity contribution in [1.29, 1.82) is 0 Å². The van der Waals surface area contributed by atoms with Crippen LogP contribution in [0, 0.1) is 5.82 Å². The van der Waals surface area contributed by atoms with E-state index < -0.39 is 0 Å². The molecule has 0 aromatic heterocycles. The molecule has 1 aromatic carbocycles. The summed E-state index contributed by atoms with van der Waals surface area (Å²) in [5.41, 5.74) is 0.842. The van der Waals surface area contributed by atoms with Crippen molar-refractivity contribution in [2.45, 2.75) is 51.9 Å². The number of aliphatic hydroxyl groups is 1. The summed E-state index contributed by atoms with van der Waals surface area (Å²) in [6.07, 6.45) is 5.97. The van der Waals surface area contributed by atoms with Crippen LogP contribution in [0.25, 0.3) is 0 Å². The molecule has 0 radical (unpaired) electrons. The summed E-state index contributed by atoms with van der Waals surface area (Å²) < 4.78 is 18.8. The van der Waals surface area contributed by atoms with Crippen LogP contribution in [0.5, 0.6) is 5.75 Å². The summed E-state index contributed by atoms with van der Waals surface area (Å²) in [5, 5.41) is 7.00. The van der Waals surface area contributed by atoms with Gasteiger partial charge in [0.2, 0.25) is 0 Å².